The van der Waals surface area contributed by atoms with E-state index in [0.29, 0.717) is 5.92 Å². The standard InChI is InChI=1S/C18H25NS/c1-4-8-19-11-17-18(12(2)3)15-9-13-6-5-7-14(13)10-16(15)20-17/h9-10,12,19H,4-8,11H2,1-3H3. The third kappa shape index (κ3) is 2.51. The van der Waals surface area contributed by atoms with Gasteiger partial charge in [0.25, 0.3) is 0 Å². The molecule has 0 spiro atoms. The molecule has 1 aliphatic rings. The number of fused-ring (bicyclic) bond motifs is 2. The predicted octanol–water partition coefficient (Wildman–Crippen LogP) is 5.01. The summed E-state index contributed by atoms with van der Waals surface area (Å²) in [6.45, 7) is 9.04. The van der Waals surface area contributed by atoms with Crippen molar-refractivity contribution in [1.29, 1.82) is 0 Å². The smallest absolute Gasteiger partial charge is 0.0352 e. The first-order chi connectivity index (χ1) is 9.70. The van der Waals surface area contributed by atoms with Crippen molar-refractivity contribution in [3.63, 3.8) is 0 Å². The van der Waals surface area contributed by atoms with Gasteiger partial charge < -0.3 is 5.32 Å². The molecule has 1 aromatic carbocycles. The van der Waals surface area contributed by atoms with Gasteiger partial charge in [0.1, 0.15) is 0 Å². The Morgan fingerprint density at radius 1 is 1.20 bits per heavy atom. The van der Waals surface area contributed by atoms with E-state index < -0.39 is 0 Å². The number of aryl methyl sites for hydroxylation is 2. The number of benzene rings is 1. The van der Waals surface area contributed by atoms with Crippen LogP contribution in [-0.4, -0.2) is 6.54 Å². The van der Waals surface area contributed by atoms with E-state index in [0.717, 1.165) is 13.1 Å². The molecule has 3 rings (SSSR count). The highest BCUT2D eigenvalue weighted by Gasteiger charge is 2.18. The lowest BCUT2D eigenvalue weighted by atomic mass is 9.97. The van der Waals surface area contributed by atoms with Crippen LogP contribution in [0.3, 0.4) is 0 Å². The van der Waals surface area contributed by atoms with Crippen molar-refractivity contribution >= 4 is 21.4 Å². The maximum atomic E-state index is 3.58. The van der Waals surface area contributed by atoms with Crippen LogP contribution in [0.2, 0.25) is 0 Å². The van der Waals surface area contributed by atoms with E-state index in [1.807, 2.05) is 11.3 Å². The van der Waals surface area contributed by atoms with Crippen LogP contribution in [-0.2, 0) is 19.4 Å². The minimum Gasteiger partial charge on any atom is -0.312 e. The lowest BCUT2D eigenvalue weighted by molar-refractivity contribution is 0.675. The van der Waals surface area contributed by atoms with Gasteiger partial charge in [-0.05, 0) is 72.4 Å². The minimum atomic E-state index is 0.613. The molecule has 0 amide bonds. The van der Waals surface area contributed by atoms with Crippen LogP contribution in [0.15, 0.2) is 12.1 Å². The maximum absolute atomic E-state index is 3.58. The molecule has 20 heavy (non-hydrogen) atoms. The summed E-state index contributed by atoms with van der Waals surface area (Å²) in [6.07, 6.45) is 5.11. The summed E-state index contributed by atoms with van der Waals surface area (Å²) in [5.41, 5.74) is 4.79. The molecule has 2 aromatic rings. The number of hydrogen-bond acceptors (Lipinski definition) is 2. The Morgan fingerprint density at radius 2 is 1.95 bits per heavy atom. The summed E-state index contributed by atoms with van der Waals surface area (Å²) in [5.74, 6) is 0.613. The van der Waals surface area contributed by atoms with E-state index in [9.17, 15) is 0 Å². The average Bonchev–Trinajstić information content (AvgIpc) is 2.98. The summed E-state index contributed by atoms with van der Waals surface area (Å²) < 4.78 is 1.50. The fraction of sp³-hybridized carbons (Fsp3) is 0.556. The Bertz CT molecular complexity index is 609. The van der Waals surface area contributed by atoms with Crippen LogP contribution in [0.4, 0.5) is 0 Å². The molecule has 1 N–H and O–H groups in total. The molecule has 0 fully saturated rings. The van der Waals surface area contributed by atoms with Gasteiger partial charge >= 0.3 is 0 Å². The van der Waals surface area contributed by atoms with Gasteiger partial charge in [0, 0.05) is 16.1 Å². The van der Waals surface area contributed by atoms with Crippen molar-refractivity contribution < 1.29 is 0 Å². The quantitative estimate of drug-likeness (QED) is 0.762. The lowest BCUT2D eigenvalue weighted by Crippen LogP contribution is -2.14. The number of thiophene rings is 1. The molecule has 0 aliphatic heterocycles. The molecule has 0 saturated heterocycles. The zero-order valence-electron chi connectivity index (χ0n) is 12.9. The predicted molar refractivity (Wildman–Crippen MR) is 89.9 cm³/mol. The Balaban J connectivity index is 2.04. The molecule has 0 unspecified atom stereocenters. The second kappa shape index (κ2) is 5.87. The number of nitrogens with one attached hydrogen (secondary N) is 1. The third-order valence-corrected chi connectivity index (χ3v) is 5.48. The first-order valence-electron chi connectivity index (χ1n) is 7.98. The molecule has 0 saturated carbocycles. The maximum Gasteiger partial charge on any atom is 0.0352 e. The highest BCUT2D eigenvalue weighted by atomic mass is 32.1. The van der Waals surface area contributed by atoms with E-state index in [1.165, 1.54) is 35.8 Å². The Hall–Kier alpha value is -0.860. The summed E-state index contributed by atoms with van der Waals surface area (Å²) in [4.78, 5) is 1.55. The van der Waals surface area contributed by atoms with Crippen molar-refractivity contribution in [1.82, 2.24) is 5.32 Å². The second-order valence-electron chi connectivity index (χ2n) is 6.24. The Kier molecular flexibility index (Phi) is 4.13. The van der Waals surface area contributed by atoms with Crippen molar-refractivity contribution in [2.24, 2.45) is 0 Å². The van der Waals surface area contributed by atoms with Gasteiger partial charge in [0.05, 0.1) is 0 Å². The highest BCUT2D eigenvalue weighted by Crippen LogP contribution is 2.39. The van der Waals surface area contributed by atoms with E-state index in [-0.39, 0.29) is 0 Å². The van der Waals surface area contributed by atoms with Gasteiger partial charge in [-0.1, -0.05) is 20.8 Å². The topological polar surface area (TPSA) is 12.0 Å². The largest absolute Gasteiger partial charge is 0.312 e. The molecular formula is C18H25NS. The van der Waals surface area contributed by atoms with E-state index in [2.05, 4.69) is 38.2 Å². The Labute approximate surface area is 126 Å². The monoisotopic (exact) mass is 287 g/mol. The Morgan fingerprint density at radius 3 is 2.65 bits per heavy atom. The van der Waals surface area contributed by atoms with Gasteiger partial charge in [-0.3, -0.25) is 0 Å². The molecule has 1 heterocycles. The molecule has 1 nitrogen and oxygen atoms in total. The minimum absolute atomic E-state index is 0.613. The van der Waals surface area contributed by atoms with E-state index in [4.69, 9.17) is 0 Å². The third-order valence-electron chi connectivity index (χ3n) is 4.31. The highest BCUT2D eigenvalue weighted by molar-refractivity contribution is 7.19. The molecule has 1 aliphatic carbocycles. The average molecular weight is 287 g/mol. The van der Waals surface area contributed by atoms with Crippen molar-refractivity contribution in [3.05, 3.63) is 33.7 Å². The zero-order valence-corrected chi connectivity index (χ0v) is 13.7. The summed E-state index contributed by atoms with van der Waals surface area (Å²) in [5, 5.41) is 5.10. The van der Waals surface area contributed by atoms with Crippen LogP contribution in [0.25, 0.3) is 10.1 Å². The fourth-order valence-electron chi connectivity index (χ4n) is 3.38. The van der Waals surface area contributed by atoms with Crippen LogP contribution < -0.4 is 5.32 Å². The van der Waals surface area contributed by atoms with Crippen molar-refractivity contribution in [2.75, 3.05) is 6.54 Å². The molecule has 2 heteroatoms. The van der Waals surface area contributed by atoms with Crippen LogP contribution >= 0.6 is 11.3 Å². The van der Waals surface area contributed by atoms with Gasteiger partial charge in [0.15, 0.2) is 0 Å². The fourth-order valence-corrected chi connectivity index (χ4v) is 4.75. The molecule has 0 atom stereocenters. The van der Waals surface area contributed by atoms with Crippen molar-refractivity contribution in [2.45, 2.75) is 58.9 Å². The zero-order chi connectivity index (χ0) is 14.1. The summed E-state index contributed by atoms with van der Waals surface area (Å²) in [6, 6.07) is 4.96. The lowest BCUT2D eigenvalue weighted by Gasteiger charge is -2.09. The molecule has 108 valence electrons. The summed E-state index contributed by atoms with van der Waals surface area (Å²) in [7, 11) is 0. The van der Waals surface area contributed by atoms with Gasteiger partial charge in [0.2, 0.25) is 0 Å². The van der Waals surface area contributed by atoms with Crippen LogP contribution in [0.5, 0.6) is 0 Å². The summed E-state index contributed by atoms with van der Waals surface area (Å²) >= 11 is 2.01. The van der Waals surface area contributed by atoms with E-state index in [1.54, 1.807) is 21.6 Å². The number of hydrogen-bond donors (Lipinski definition) is 1. The second-order valence-corrected chi connectivity index (χ2v) is 7.38. The normalized spacial score (nSPS) is 14.4. The van der Waals surface area contributed by atoms with Crippen LogP contribution in [0.1, 0.15) is 61.1 Å². The number of rotatable bonds is 5. The SMILES string of the molecule is CCCNCc1sc2cc3c(cc2c1C(C)C)CCC3. The first-order valence-corrected chi connectivity index (χ1v) is 8.80. The molecule has 1 aromatic heterocycles. The molecule has 0 bridgehead atoms. The molecule has 0 radical (unpaired) electrons. The van der Waals surface area contributed by atoms with Gasteiger partial charge in [-0.2, -0.15) is 0 Å². The van der Waals surface area contributed by atoms with Gasteiger partial charge in [-0.25, -0.2) is 0 Å². The van der Waals surface area contributed by atoms with Crippen LogP contribution in [0, 0.1) is 0 Å². The van der Waals surface area contributed by atoms with Crippen molar-refractivity contribution in [3.8, 4) is 0 Å². The van der Waals surface area contributed by atoms with E-state index >= 15 is 0 Å². The molecular weight excluding hydrogens is 262 g/mol. The first kappa shape index (κ1) is 14.1. The van der Waals surface area contributed by atoms with Gasteiger partial charge in [-0.15, -0.1) is 11.3 Å².